The third kappa shape index (κ3) is 3.72. The number of rotatable bonds is 7. The van der Waals surface area contributed by atoms with Gasteiger partial charge in [0.25, 0.3) is 0 Å². The van der Waals surface area contributed by atoms with Gasteiger partial charge in [-0.2, -0.15) is 0 Å². The first-order valence-electron chi connectivity index (χ1n) is 6.18. The Hall–Kier alpha value is -1.06. The van der Waals surface area contributed by atoms with Crippen molar-refractivity contribution in [3.05, 3.63) is 29.8 Å². The molecule has 1 fully saturated rings. The second-order valence-corrected chi connectivity index (χ2v) is 4.63. The standard InChI is InChI=1S/C14H21NO2/c1-16-10-14(12-6-7-12)15-9-11-4-3-5-13(8-11)17-2/h3-5,8,12,14-15H,6-7,9-10H2,1-2H3. The normalized spacial score (nSPS) is 16.8. The summed E-state index contributed by atoms with van der Waals surface area (Å²) in [5.74, 6) is 1.72. The summed E-state index contributed by atoms with van der Waals surface area (Å²) in [4.78, 5) is 0. The van der Waals surface area contributed by atoms with Gasteiger partial charge in [-0.1, -0.05) is 12.1 Å². The van der Waals surface area contributed by atoms with Crippen molar-refractivity contribution < 1.29 is 9.47 Å². The minimum Gasteiger partial charge on any atom is -0.497 e. The SMILES string of the molecule is COCC(NCc1cccc(OC)c1)C1CC1. The van der Waals surface area contributed by atoms with E-state index < -0.39 is 0 Å². The molecular formula is C14H21NO2. The lowest BCUT2D eigenvalue weighted by atomic mass is 10.1. The largest absolute Gasteiger partial charge is 0.497 e. The van der Waals surface area contributed by atoms with E-state index in [0.717, 1.165) is 24.8 Å². The summed E-state index contributed by atoms with van der Waals surface area (Å²) in [5.41, 5.74) is 1.26. The van der Waals surface area contributed by atoms with E-state index in [1.165, 1.54) is 18.4 Å². The van der Waals surface area contributed by atoms with Crippen LogP contribution in [0, 0.1) is 5.92 Å². The van der Waals surface area contributed by atoms with Gasteiger partial charge in [-0.15, -0.1) is 0 Å². The average Bonchev–Trinajstić information content (AvgIpc) is 3.19. The Balaban J connectivity index is 1.86. The van der Waals surface area contributed by atoms with Crippen LogP contribution in [0.15, 0.2) is 24.3 Å². The van der Waals surface area contributed by atoms with Gasteiger partial charge in [0, 0.05) is 19.7 Å². The second kappa shape index (κ2) is 6.03. The molecule has 1 aromatic rings. The molecule has 1 aliphatic carbocycles. The third-order valence-corrected chi connectivity index (χ3v) is 3.24. The molecule has 1 atom stereocenters. The fourth-order valence-corrected chi connectivity index (χ4v) is 2.07. The highest BCUT2D eigenvalue weighted by Gasteiger charge is 2.30. The van der Waals surface area contributed by atoms with Gasteiger partial charge >= 0.3 is 0 Å². The Morgan fingerprint density at radius 3 is 2.82 bits per heavy atom. The molecule has 2 rings (SSSR count). The van der Waals surface area contributed by atoms with E-state index in [-0.39, 0.29) is 0 Å². The minimum atomic E-state index is 0.492. The summed E-state index contributed by atoms with van der Waals surface area (Å²) in [5, 5.41) is 3.57. The molecule has 1 saturated carbocycles. The van der Waals surface area contributed by atoms with Crippen LogP contribution in [-0.2, 0) is 11.3 Å². The van der Waals surface area contributed by atoms with E-state index in [9.17, 15) is 0 Å². The smallest absolute Gasteiger partial charge is 0.119 e. The summed E-state index contributed by atoms with van der Waals surface area (Å²) in [6, 6.07) is 8.68. The monoisotopic (exact) mass is 235 g/mol. The molecule has 0 amide bonds. The molecule has 3 heteroatoms. The molecule has 1 aliphatic rings. The van der Waals surface area contributed by atoms with Crippen molar-refractivity contribution in [2.45, 2.75) is 25.4 Å². The van der Waals surface area contributed by atoms with Crippen LogP contribution in [0.3, 0.4) is 0 Å². The molecule has 3 nitrogen and oxygen atoms in total. The van der Waals surface area contributed by atoms with E-state index in [1.807, 2.05) is 12.1 Å². The molecule has 0 aliphatic heterocycles. The Kier molecular flexibility index (Phi) is 4.40. The van der Waals surface area contributed by atoms with Gasteiger partial charge in [-0.25, -0.2) is 0 Å². The first-order chi connectivity index (χ1) is 8.33. The van der Waals surface area contributed by atoms with E-state index in [2.05, 4.69) is 17.4 Å². The number of hydrogen-bond donors (Lipinski definition) is 1. The summed E-state index contributed by atoms with van der Waals surface area (Å²) in [7, 11) is 3.47. The summed E-state index contributed by atoms with van der Waals surface area (Å²) < 4.78 is 10.5. The zero-order chi connectivity index (χ0) is 12.1. The van der Waals surface area contributed by atoms with Gasteiger partial charge in [0.05, 0.1) is 13.7 Å². The Morgan fingerprint density at radius 2 is 2.18 bits per heavy atom. The first-order valence-corrected chi connectivity index (χ1v) is 6.18. The van der Waals surface area contributed by atoms with Gasteiger partial charge in [0.15, 0.2) is 0 Å². The molecule has 17 heavy (non-hydrogen) atoms. The lowest BCUT2D eigenvalue weighted by Gasteiger charge is -2.17. The minimum absolute atomic E-state index is 0.492. The maximum absolute atomic E-state index is 5.25. The van der Waals surface area contributed by atoms with Gasteiger partial charge in [-0.3, -0.25) is 0 Å². The van der Waals surface area contributed by atoms with Gasteiger partial charge in [0.1, 0.15) is 5.75 Å². The molecule has 0 bridgehead atoms. The van der Waals surface area contributed by atoms with Crippen LogP contribution in [0.2, 0.25) is 0 Å². The van der Waals surface area contributed by atoms with Gasteiger partial charge < -0.3 is 14.8 Å². The molecule has 0 saturated heterocycles. The van der Waals surface area contributed by atoms with Crippen LogP contribution in [-0.4, -0.2) is 26.9 Å². The van der Waals surface area contributed by atoms with Crippen molar-refractivity contribution in [2.75, 3.05) is 20.8 Å². The summed E-state index contributed by atoms with van der Waals surface area (Å²) in [6.07, 6.45) is 2.66. The number of benzene rings is 1. The Labute approximate surface area is 103 Å². The third-order valence-electron chi connectivity index (χ3n) is 3.24. The lowest BCUT2D eigenvalue weighted by molar-refractivity contribution is 0.157. The van der Waals surface area contributed by atoms with Crippen molar-refractivity contribution in [3.8, 4) is 5.75 Å². The highest BCUT2D eigenvalue weighted by Crippen LogP contribution is 2.32. The summed E-state index contributed by atoms with van der Waals surface area (Å²) in [6.45, 7) is 1.68. The van der Waals surface area contributed by atoms with Crippen LogP contribution in [0.5, 0.6) is 5.75 Å². The molecule has 0 radical (unpaired) electrons. The molecule has 94 valence electrons. The predicted molar refractivity (Wildman–Crippen MR) is 68.2 cm³/mol. The Morgan fingerprint density at radius 1 is 1.35 bits per heavy atom. The van der Waals surface area contributed by atoms with Crippen molar-refractivity contribution >= 4 is 0 Å². The second-order valence-electron chi connectivity index (χ2n) is 4.63. The molecule has 1 aromatic carbocycles. The number of nitrogens with one attached hydrogen (secondary N) is 1. The van der Waals surface area contributed by atoms with Crippen LogP contribution in [0.1, 0.15) is 18.4 Å². The van der Waals surface area contributed by atoms with E-state index >= 15 is 0 Å². The maximum Gasteiger partial charge on any atom is 0.119 e. The van der Waals surface area contributed by atoms with Crippen molar-refractivity contribution in [2.24, 2.45) is 5.92 Å². The van der Waals surface area contributed by atoms with E-state index in [1.54, 1.807) is 14.2 Å². The quantitative estimate of drug-likeness (QED) is 0.786. The predicted octanol–water partition coefficient (Wildman–Crippen LogP) is 2.21. The fraction of sp³-hybridized carbons (Fsp3) is 0.571. The van der Waals surface area contributed by atoms with Crippen LogP contribution >= 0.6 is 0 Å². The fourth-order valence-electron chi connectivity index (χ4n) is 2.07. The average molecular weight is 235 g/mol. The molecule has 0 aromatic heterocycles. The molecule has 0 heterocycles. The van der Waals surface area contributed by atoms with Crippen molar-refractivity contribution in [3.63, 3.8) is 0 Å². The van der Waals surface area contributed by atoms with Gasteiger partial charge in [0.2, 0.25) is 0 Å². The molecular weight excluding hydrogens is 214 g/mol. The van der Waals surface area contributed by atoms with E-state index in [4.69, 9.17) is 9.47 Å². The topological polar surface area (TPSA) is 30.5 Å². The lowest BCUT2D eigenvalue weighted by Crippen LogP contribution is -2.34. The zero-order valence-electron chi connectivity index (χ0n) is 10.6. The van der Waals surface area contributed by atoms with Crippen molar-refractivity contribution in [1.82, 2.24) is 5.32 Å². The summed E-state index contributed by atoms with van der Waals surface area (Å²) >= 11 is 0. The number of hydrogen-bond acceptors (Lipinski definition) is 3. The van der Waals surface area contributed by atoms with Crippen LogP contribution in [0.25, 0.3) is 0 Å². The molecule has 0 spiro atoms. The number of methoxy groups -OCH3 is 2. The first kappa shape index (κ1) is 12.4. The highest BCUT2D eigenvalue weighted by atomic mass is 16.5. The molecule has 1 N–H and O–H groups in total. The molecule has 1 unspecified atom stereocenters. The van der Waals surface area contributed by atoms with Crippen molar-refractivity contribution in [1.29, 1.82) is 0 Å². The highest BCUT2D eigenvalue weighted by molar-refractivity contribution is 5.28. The maximum atomic E-state index is 5.25. The zero-order valence-corrected chi connectivity index (χ0v) is 10.6. The van der Waals surface area contributed by atoms with Crippen LogP contribution in [0.4, 0.5) is 0 Å². The van der Waals surface area contributed by atoms with Gasteiger partial charge in [-0.05, 0) is 36.5 Å². The Bertz CT molecular complexity index is 350. The number of ether oxygens (including phenoxy) is 2. The van der Waals surface area contributed by atoms with Crippen LogP contribution < -0.4 is 10.1 Å². The van der Waals surface area contributed by atoms with E-state index in [0.29, 0.717) is 6.04 Å².